The molecule has 0 heterocycles. The minimum atomic E-state index is -1.25. The van der Waals surface area contributed by atoms with E-state index in [1.165, 1.54) is 20.1 Å². The van der Waals surface area contributed by atoms with Crippen LogP contribution >= 0.6 is 0 Å². The molecule has 0 fully saturated rings. The predicted octanol–water partition coefficient (Wildman–Crippen LogP) is 0.532. The van der Waals surface area contributed by atoms with Gasteiger partial charge in [0.2, 0.25) is 5.78 Å². The van der Waals surface area contributed by atoms with Gasteiger partial charge in [-0.2, -0.15) is 0 Å². The summed E-state index contributed by atoms with van der Waals surface area (Å²) < 4.78 is 9.82. The summed E-state index contributed by atoms with van der Waals surface area (Å²) in [6.45, 7) is 1.20. The van der Waals surface area contributed by atoms with Crippen molar-refractivity contribution in [1.82, 2.24) is 0 Å². The Morgan fingerprint density at radius 1 is 1.32 bits per heavy atom. The monoisotopic (exact) mass is 347 g/mol. The molecule has 0 saturated carbocycles. The smallest absolute Gasteiger partial charge is 0.404 e. The van der Waals surface area contributed by atoms with E-state index in [-0.39, 0.29) is 35.5 Å². The molecule has 2 aliphatic rings. The second-order valence-corrected chi connectivity index (χ2v) is 5.99. The van der Waals surface area contributed by atoms with Gasteiger partial charge in [-0.3, -0.25) is 9.59 Å². The fourth-order valence-electron chi connectivity index (χ4n) is 3.44. The van der Waals surface area contributed by atoms with Crippen LogP contribution < -0.4 is 5.73 Å². The summed E-state index contributed by atoms with van der Waals surface area (Å²) in [4.78, 5) is 36.3. The normalized spacial score (nSPS) is 21.9. The number of methoxy groups -OCH3 is 1. The van der Waals surface area contributed by atoms with Crippen LogP contribution in [0.3, 0.4) is 0 Å². The van der Waals surface area contributed by atoms with Gasteiger partial charge < -0.3 is 25.4 Å². The van der Waals surface area contributed by atoms with Crippen LogP contribution in [0.4, 0.5) is 4.79 Å². The first-order chi connectivity index (χ1) is 11.8. The Morgan fingerprint density at radius 3 is 2.60 bits per heavy atom. The molecule has 3 rings (SSSR count). The van der Waals surface area contributed by atoms with Gasteiger partial charge in [-0.05, 0) is 29.7 Å². The molecule has 0 bridgehead atoms. The van der Waals surface area contributed by atoms with E-state index in [1.807, 2.05) is 0 Å². The van der Waals surface area contributed by atoms with Crippen molar-refractivity contribution in [3.63, 3.8) is 0 Å². The lowest BCUT2D eigenvalue weighted by Crippen LogP contribution is -2.25. The van der Waals surface area contributed by atoms with Crippen LogP contribution in [0.2, 0.25) is 0 Å². The Hall–Kier alpha value is -2.71. The van der Waals surface area contributed by atoms with Gasteiger partial charge in [0.1, 0.15) is 12.7 Å². The molecule has 25 heavy (non-hydrogen) atoms. The number of aliphatic hydroxyl groups excluding tert-OH is 2. The number of hydrogen-bond acceptors (Lipinski definition) is 7. The standard InChI is InChI=1S/C17H17NO7/c1-6-13(20)12-8-4-10(19)15(22)11(8)7(5-25-17(18)23)3-9(12)14(21)16(6)24-2/h3,10,15,19,22H,4-5H2,1-2H3,(H2,18,23). The molecule has 0 aliphatic heterocycles. The van der Waals surface area contributed by atoms with Crippen molar-refractivity contribution >= 4 is 17.7 Å². The quantitative estimate of drug-likeness (QED) is 0.725. The van der Waals surface area contributed by atoms with Crippen LogP contribution in [0.5, 0.6) is 0 Å². The number of ketones is 2. The molecule has 1 amide bonds. The molecule has 8 nitrogen and oxygen atoms in total. The average Bonchev–Trinajstić information content (AvgIpc) is 2.86. The van der Waals surface area contributed by atoms with Crippen molar-refractivity contribution in [2.75, 3.05) is 7.11 Å². The van der Waals surface area contributed by atoms with Crippen molar-refractivity contribution in [3.05, 3.63) is 45.2 Å². The van der Waals surface area contributed by atoms with Crippen molar-refractivity contribution in [3.8, 4) is 0 Å². The first kappa shape index (κ1) is 17.1. The summed E-state index contributed by atoms with van der Waals surface area (Å²) >= 11 is 0. The maximum atomic E-state index is 12.7. The molecule has 132 valence electrons. The number of primary amides is 1. The van der Waals surface area contributed by atoms with E-state index in [0.717, 1.165) is 0 Å². The zero-order chi connectivity index (χ0) is 18.5. The molecule has 2 unspecified atom stereocenters. The van der Waals surface area contributed by atoms with Gasteiger partial charge in [0.25, 0.3) is 0 Å². The Kier molecular flexibility index (Phi) is 4.09. The SMILES string of the molecule is COC1=C(C)C(=O)c2c(cc(COC(N)=O)c3c2CC(O)C3O)C1=O. The number of carbonyl (C=O) groups is 3. The first-order valence-corrected chi connectivity index (χ1v) is 7.59. The molecule has 0 radical (unpaired) electrons. The van der Waals surface area contributed by atoms with E-state index in [0.29, 0.717) is 16.7 Å². The summed E-state index contributed by atoms with van der Waals surface area (Å²) in [6.07, 6.45) is -3.37. The van der Waals surface area contributed by atoms with Gasteiger partial charge in [0, 0.05) is 23.1 Å². The van der Waals surface area contributed by atoms with Crippen LogP contribution in [0.25, 0.3) is 0 Å². The Labute approximate surface area is 142 Å². The summed E-state index contributed by atoms with van der Waals surface area (Å²) in [5.74, 6) is -0.932. The van der Waals surface area contributed by atoms with Crippen LogP contribution in [0.1, 0.15) is 50.4 Å². The minimum Gasteiger partial charge on any atom is -0.492 e. The highest BCUT2D eigenvalue weighted by Crippen LogP contribution is 2.41. The second kappa shape index (κ2) is 5.98. The lowest BCUT2D eigenvalue weighted by molar-refractivity contribution is 0.0315. The molecular weight excluding hydrogens is 330 g/mol. The largest absolute Gasteiger partial charge is 0.492 e. The predicted molar refractivity (Wildman–Crippen MR) is 83.9 cm³/mol. The van der Waals surface area contributed by atoms with E-state index in [9.17, 15) is 24.6 Å². The zero-order valence-electron chi connectivity index (χ0n) is 13.7. The van der Waals surface area contributed by atoms with Gasteiger partial charge in [0.15, 0.2) is 11.5 Å². The van der Waals surface area contributed by atoms with Crippen molar-refractivity contribution in [1.29, 1.82) is 0 Å². The number of Topliss-reactive ketones (excluding diaryl/α,β-unsaturated/α-hetero) is 2. The van der Waals surface area contributed by atoms with E-state index >= 15 is 0 Å². The first-order valence-electron chi connectivity index (χ1n) is 7.59. The molecule has 0 aromatic heterocycles. The topological polar surface area (TPSA) is 136 Å². The van der Waals surface area contributed by atoms with Crippen molar-refractivity contribution in [2.24, 2.45) is 5.73 Å². The van der Waals surface area contributed by atoms with Crippen LogP contribution in [-0.2, 0) is 22.5 Å². The maximum absolute atomic E-state index is 12.7. The number of amides is 1. The Balaban J connectivity index is 2.24. The highest BCUT2D eigenvalue weighted by atomic mass is 16.5. The molecule has 0 spiro atoms. The van der Waals surface area contributed by atoms with Crippen molar-refractivity contribution < 1.29 is 34.1 Å². The van der Waals surface area contributed by atoms with Crippen LogP contribution in [-0.4, -0.2) is 41.1 Å². The maximum Gasteiger partial charge on any atom is 0.404 e. The van der Waals surface area contributed by atoms with Gasteiger partial charge >= 0.3 is 6.09 Å². The van der Waals surface area contributed by atoms with Gasteiger partial charge in [0.05, 0.1) is 13.2 Å². The molecule has 4 N–H and O–H groups in total. The van der Waals surface area contributed by atoms with Gasteiger partial charge in [-0.15, -0.1) is 0 Å². The number of ether oxygens (including phenoxy) is 2. The number of nitrogens with two attached hydrogens (primary N) is 1. The lowest BCUT2D eigenvalue weighted by atomic mass is 9.82. The lowest BCUT2D eigenvalue weighted by Gasteiger charge is -2.22. The molecule has 2 aliphatic carbocycles. The van der Waals surface area contributed by atoms with Gasteiger partial charge in [-0.25, -0.2) is 4.79 Å². The summed E-state index contributed by atoms with van der Waals surface area (Å²) in [5, 5.41) is 20.3. The van der Waals surface area contributed by atoms with E-state index in [1.54, 1.807) is 0 Å². The molecule has 1 aromatic carbocycles. The number of allylic oxidation sites excluding steroid dienone is 2. The number of carbonyl (C=O) groups excluding carboxylic acids is 3. The van der Waals surface area contributed by atoms with Crippen molar-refractivity contribution in [2.45, 2.75) is 32.2 Å². The molecule has 2 atom stereocenters. The zero-order valence-corrected chi connectivity index (χ0v) is 13.7. The number of aliphatic hydroxyl groups is 2. The van der Waals surface area contributed by atoms with Crippen LogP contribution in [0, 0.1) is 0 Å². The highest BCUT2D eigenvalue weighted by molar-refractivity contribution is 6.26. The summed E-state index contributed by atoms with van der Waals surface area (Å²) in [6, 6.07) is 1.38. The Morgan fingerprint density at radius 2 is 2.00 bits per heavy atom. The summed E-state index contributed by atoms with van der Waals surface area (Å²) in [5.41, 5.74) is 6.37. The molecule has 8 heteroatoms. The molecular formula is C17H17NO7. The third-order valence-electron chi connectivity index (χ3n) is 4.57. The van der Waals surface area contributed by atoms with Gasteiger partial charge in [-0.1, -0.05) is 0 Å². The number of hydrogen-bond donors (Lipinski definition) is 3. The minimum absolute atomic E-state index is 0.0118. The number of fused-ring (bicyclic) bond motifs is 3. The third kappa shape index (κ3) is 2.50. The number of rotatable bonds is 3. The summed E-state index contributed by atoms with van der Waals surface area (Å²) in [7, 11) is 1.30. The molecule has 0 saturated heterocycles. The average molecular weight is 347 g/mol. The Bertz CT molecular complexity index is 840. The fraction of sp³-hybridized carbons (Fsp3) is 0.353. The third-order valence-corrected chi connectivity index (χ3v) is 4.57. The molecule has 1 aromatic rings. The highest BCUT2D eigenvalue weighted by Gasteiger charge is 2.41. The fourth-order valence-corrected chi connectivity index (χ4v) is 3.44. The van der Waals surface area contributed by atoms with E-state index in [4.69, 9.17) is 15.2 Å². The van der Waals surface area contributed by atoms with E-state index < -0.39 is 29.9 Å². The number of benzene rings is 1. The van der Waals surface area contributed by atoms with Crippen LogP contribution in [0.15, 0.2) is 17.4 Å². The second-order valence-electron chi connectivity index (χ2n) is 5.99. The van der Waals surface area contributed by atoms with E-state index in [2.05, 4.69) is 0 Å².